The fourth-order valence-electron chi connectivity index (χ4n) is 2.19. The average Bonchev–Trinajstić information content (AvgIpc) is 2.61. The van der Waals surface area contributed by atoms with Crippen molar-refractivity contribution < 1.29 is 9.84 Å². The molecule has 2 rings (SSSR count). The van der Waals surface area contributed by atoms with Gasteiger partial charge in [0.05, 0.1) is 6.61 Å². The minimum absolute atomic E-state index is 0.514. The van der Waals surface area contributed by atoms with E-state index in [1.165, 1.54) is 0 Å². The van der Waals surface area contributed by atoms with Gasteiger partial charge < -0.3 is 9.84 Å². The van der Waals surface area contributed by atoms with Gasteiger partial charge in [0, 0.05) is 16.6 Å². The van der Waals surface area contributed by atoms with Crippen LogP contribution in [-0.4, -0.2) is 22.7 Å². The van der Waals surface area contributed by atoms with E-state index in [0.717, 1.165) is 23.5 Å². The van der Waals surface area contributed by atoms with Gasteiger partial charge in [-0.2, -0.15) is 11.8 Å². The number of para-hydroxylation sites is 1. The summed E-state index contributed by atoms with van der Waals surface area (Å²) in [6.07, 6.45) is 0.807. The van der Waals surface area contributed by atoms with Crippen molar-refractivity contribution in [2.75, 3.05) is 12.4 Å². The first-order valence-electron chi connectivity index (χ1n) is 5.72. The molecule has 1 saturated heterocycles. The minimum atomic E-state index is -0.712. The second-order valence-corrected chi connectivity index (χ2v) is 5.71. The summed E-state index contributed by atoms with van der Waals surface area (Å²) in [5, 5.41) is 11.2. The molecule has 1 aliphatic rings. The van der Waals surface area contributed by atoms with Crippen molar-refractivity contribution in [2.24, 2.45) is 0 Å². The van der Waals surface area contributed by atoms with Crippen LogP contribution in [0.15, 0.2) is 24.3 Å². The highest BCUT2D eigenvalue weighted by atomic mass is 32.2. The Labute approximate surface area is 101 Å². The molecular formula is C13H18O2S. The van der Waals surface area contributed by atoms with Gasteiger partial charge in [-0.25, -0.2) is 0 Å². The molecule has 2 unspecified atom stereocenters. The summed E-state index contributed by atoms with van der Waals surface area (Å²) in [5.74, 6) is 1.58. The molecule has 0 amide bonds. The molecular weight excluding hydrogens is 220 g/mol. The smallest absolute Gasteiger partial charge is 0.125 e. The van der Waals surface area contributed by atoms with Gasteiger partial charge in [-0.1, -0.05) is 25.1 Å². The quantitative estimate of drug-likeness (QED) is 0.878. The maximum atomic E-state index is 10.6. The van der Waals surface area contributed by atoms with Crippen LogP contribution in [0.5, 0.6) is 5.75 Å². The fourth-order valence-corrected chi connectivity index (χ4v) is 3.42. The van der Waals surface area contributed by atoms with Crippen molar-refractivity contribution in [3.63, 3.8) is 0 Å². The van der Waals surface area contributed by atoms with Crippen LogP contribution >= 0.6 is 11.8 Å². The third-order valence-electron chi connectivity index (χ3n) is 2.92. The minimum Gasteiger partial charge on any atom is -0.493 e. The molecule has 16 heavy (non-hydrogen) atoms. The van der Waals surface area contributed by atoms with Crippen LogP contribution in [0, 0.1) is 0 Å². The monoisotopic (exact) mass is 238 g/mol. The van der Waals surface area contributed by atoms with E-state index in [9.17, 15) is 5.11 Å². The zero-order chi connectivity index (χ0) is 11.6. The summed E-state index contributed by atoms with van der Waals surface area (Å²) in [6, 6.07) is 7.82. The lowest BCUT2D eigenvalue weighted by Gasteiger charge is -2.24. The van der Waals surface area contributed by atoms with Crippen LogP contribution in [-0.2, 0) is 5.60 Å². The van der Waals surface area contributed by atoms with E-state index in [2.05, 4.69) is 6.92 Å². The summed E-state index contributed by atoms with van der Waals surface area (Å²) in [6.45, 7) is 4.76. The molecule has 3 heteroatoms. The highest BCUT2D eigenvalue weighted by molar-refractivity contribution is 8.00. The standard InChI is InChI=1S/C13H18O2S/c1-3-15-12-7-5-4-6-11(12)13(14)8-10(2)16-9-13/h4-7,10,14H,3,8-9H2,1-2H3. The molecule has 0 radical (unpaired) electrons. The molecule has 1 aliphatic heterocycles. The molecule has 2 atom stereocenters. The van der Waals surface area contributed by atoms with Crippen molar-refractivity contribution >= 4 is 11.8 Å². The van der Waals surface area contributed by atoms with Gasteiger partial charge in [-0.05, 0) is 19.4 Å². The molecule has 0 saturated carbocycles. The van der Waals surface area contributed by atoms with Gasteiger partial charge in [0.15, 0.2) is 0 Å². The lowest BCUT2D eigenvalue weighted by molar-refractivity contribution is 0.0579. The van der Waals surface area contributed by atoms with Gasteiger partial charge in [0.2, 0.25) is 0 Å². The molecule has 0 bridgehead atoms. The number of hydrogen-bond acceptors (Lipinski definition) is 3. The first kappa shape index (κ1) is 11.8. The Hall–Kier alpha value is -0.670. The Morgan fingerprint density at radius 2 is 2.25 bits per heavy atom. The van der Waals surface area contributed by atoms with Gasteiger partial charge in [0.1, 0.15) is 11.4 Å². The van der Waals surface area contributed by atoms with E-state index in [1.54, 1.807) is 0 Å². The molecule has 1 aromatic rings. The number of aliphatic hydroxyl groups is 1. The average molecular weight is 238 g/mol. The van der Waals surface area contributed by atoms with E-state index < -0.39 is 5.60 Å². The van der Waals surface area contributed by atoms with E-state index in [4.69, 9.17) is 4.74 Å². The fraction of sp³-hybridized carbons (Fsp3) is 0.538. The normalized spacial score (nSPS) is 29.3. The summed E-state index contributed by atoms with van der Waals surface area (Å²) in [5.41, 5.74) is 0.226. The molecule has 0 aliphatic carbocycles. The number of hydrogen-bond donors (Lipinski definition) is 1. The third-order valence-corrected chi connectivity index (χ3v) is 4.30. The van der Waals surface area contributed by atoms with Crippen LogP contribution in [0.2, 0.25) is 0 Å². The molecule has 1 aromatic carbocycles. The molecule has 1 heterocycles. The topological polar surface area (TPSA) is 29.5 Å². The first-order chi connectivity index (χ1) is 7.65. The van der Waals surface area contributed by atoms with Crippen LogP contribution in [0.3, 0.4) is 0 Å². The SMILES string of the molecule is CCOc1ccccc1C1(O)CSC(C)C1. The van der Waals surface area contributed by atoms with Crippen LogP contribution < -0.4 is 4.74 Å². The van der Waals surface area contributed by atoms with E-state index in [0.29, 0.717) is 11.9 Å². The Bertz CT molecular complexity index is 367. The second-order valence-electron chi connectivity index (χ2n) is 4.29. The van der Waals surface area contributed by atoms with E-state index in [-0.39, 0.29) is 0 Å². The summed E-state index contributed by atoms with van der Waals surface area (Å²) in [7, 11) is 0. The van der Waals surface area contributed by atoms with Crippen LogP contribution in [0.4, 0.5) is 0 Å². The summed E-state index contributed by atoms with van der Waals surface area (Å²) in [4.78, 5) is 0. The van der Waals surface area contributed by atoms with Gasteiger partial charge >= 0.3 is 0 Å². The molecule has 88 valence electrons. The van der Waals surface area contributed by atoms with E-state index in [1.807, 2.05) is 43.0 Å². The first-order valence-corrected chi connectivity index (χ1v) is 6.77. The Morgan fingerprint density at radius 1 is 1.50 bits per heavy atom. The number of ether oxygens (including phenoxy) is 1. The van der Waals surface area contributed by atoms with Crippen molar-refractivity contribution in [3.8, 4) is 5.75 Å². The van der Waals surface area contributed by atoms with Gasteiger partial charge in [-0.15, -0.1) is 0 Å². The summed E-state index contributed by atoms with van der Waals surface area (Å²) >= 11 is 1.82. The van der Waals surface area contributed by atoms with Crippen molar-refractivity contribution in [1.29, 1.82) is 0 Å². The Balaban J connectivity index is 2.32. The van der Waals surface area contributed by atoms with Gasteiger partial charge in [0.25, 0.3) is 0 Å². The third kappa shape index (κ3) is 2.20. The predicted molar refractivity (Wildman–Crippen MR) is 68.0 cm³/mol. The lowest BCUT2D eigenvalue weighted by atomic mass is 9.91. The maximum Gasteiger partial charge on any atom is 0.125 e. The molecule has 1 fully saturated rings. The number of rotatable bonds is 3. The van der Waals surface area contributed by atoms with Crippen LogP contribution in [0.25, 0.3) is 0 Å². The second kappa shape index (κ2) is 4.68. The number of thioether (sulfide) groups is 1. The summed E-state index contributed by atoms with van der Waals surface area (Å²) < 4.78 is 5.58. The molecule has 1 N–H and O–H groups in total. The van der Waals surface area contributed by atoms with Crippen molar-refractivity contribution in [1.82, 2.24) is 0 Å². The largest absolute Gasteiger partial charge is 0.493 e. The van der Waals surface area contributed by atoms with Crippen molar-refractivity contribution in [2.45, 2.75) is 31.1 Å². The van der Waals surface area contributed by atoms with Crippen molar-refractivity contribution in [3.05, 3.63) is 29.8 Å². The lowest BCUT2D eigenvalue weighted by Crippen LogP contribution is -2.26. The number of benzene rings is 1. The Kier molecular flexibility index (Phi) is 3.45. The molecule has 0 aromatic heterocycles. The zero-order valence-corrected chi connectivity index (χ0v) is 10.6. The molecule has 2 nitrogen and oxygen atoms in total. The highest BCUT2D eigenvalue weighted by Crippen LogP contribution is 2.44. The Morgan fingerprint density at radius 3 is 2.88 bits per heavy atom. The van der Waals surface area contributed by atoms with Gasteiger partial charge in [-0.3, -0.25) is 0 Å². The van der Waals surface area contributed by atoms with E-state index >= 15 is 0 Å². The maximum absolute atomic E-state index is 10.6. The predicted octanol–water partition coefficient (Wildman–Crippen LogP) is 2.80. The highest BCUT2D eigenvalue weighted by Gasteiger charge is 2.39. The zero-order valence-electron chi connectivity index (χ0n) is 9.77. The van der Waals surface area contributed by atoms with Crippen LogP contribution in [0.1, 0.15) is 25.8 Å². The molecule has 0 spiro atoms.